The molecule has 1 aromatic heterocycles. The molecule has 1 aliphatic carbocycles. The molecule has 1 fully saturated rings. The molecule has 1 aliphatic heterocycles. The van der Waals surface area contributed by atoms with Crippen LogP contribution < -0.4 is 10.0 Å². The van der Waals surface area contributed by atoms with Crippen LogP contribution in [0.15, 0.2) is 53.8 Å². The lowest BCUT2D eigenvalue weighted by atomic mass is 9.99. The second-order valence-corrected chi connectivity index (χ2v) is 9.82. The first-order chi connectivity index (χ1) is 15.8. The minimum atomic E-state index is -4.04. The molecule has 2 heterocycles. The van der Waals surface area contributed by atoms with E-state index in [-0.39, 0.29) is 18.6 Å². The van der Waals surface area contributed by atoms with Crippen molar-refractivity contribution in [2.24, 2.45) is 16.0 Å². The molecule has 1 unspecified atom stereocenters. The number of hydrogen-bond donors (Lipinski definition) is 2. The first kappa shape index (κ1) is 21.9. The van der Waals surface area contributed by atoms with Gasteiger partial charge in [0.05, 0.1) is 24.1 Å². The molecule has 0 amide bonds. The average molecular weight is 468 g/mol. The molecular formula is C23H25N5O4S. The van der Waals surface area contributed by atoms with Crippen molar-refractivity contribution in [1.82, 2.24) is 9.97 Å². The van der Waals surface area contributed by atoms with E-state index in [0.717, 1.165) is 33.4 Å². The third-order valence-electron chi connectivity index (χ3n) is 6.52. The number of rotatable bonds is 6. The maximum Gasteiger partial charge on any atom is 0.333 e. The number of nitrogens with two attached hydrogens (primary N) is 1. The van der Waals surface area contributed by atoms with Gasteiger partial charge in [0.1, 0.15) is 12.0 Å². The highest BCUT2D eigenvalue weighted by Crippen LogP contribution is 2.39. The van der Waals surface area contributed by atoms with Crippen molar-refractivity contribution in [3.8, 4) is 0 Å². The van der Waals surface area contributed by atoms with E-state index in [0.29, 0.717) is 25.1 Å². The van der Waals surface area contributed by atoms with Crippen LogP contribution in [0.2, 0.25) is 0 Å². The normalized spacial score (nSPS) is 22.4. The summed E-state index contributed by atoms with van der Waals surface area (Å²) in [5.74, 6) is 0.362. The Kier molecular flexibility index (Phi) is 5.61. The molecule has 33 heavy (non-hydrogen) atoms. The summed E-state index contributed by atoms with van der Waals surface area (Å²) in [6.45, 7) is -0.143. The van der Waals surface area contributed by atoms with Gasteiger partial charge in [-0.05, 0) is 23.6 Å². The molecule has 3 atom stereocenters. The summed E-state index contributed by atoms with van der Waals surface area (Å²) in [6, 6.07) is 14.4. The number of aliphatic imine (C=N–C) groups is 1. The van der Waals surface area contributed by atoms with Crippen molar-refractivity contribution in [2.45, 2.75) is 31.4 Å². The fourth-order valence-corrected chi connectivity index (χ4v) is 5.16. The van der Waals surface area contributed by atoms with Gasteiger partial charge in [0.2, 0.25) is 0 Å². The number of aliphatic hydroxyl groups is 1. The molecule has 1 saturated carbocycles. The number of nitrogens with zero attached hydrogens (tertiary/aromatic N) is 4. The van der Waals surface area contributed by atoms with Crippen molar-refractivity contribution in [1.29, 1.82) is 0 Å². The van der Waals surface area contributed by atoms with Crippen LogP contribution in [0, 0.1) is 5.92 Å². The maximum atomic E-state index is 11.1. The van der Waals surface area contributed by atoms with Crippen LogP contribution in [-0.2, 0) is 20.9 Å². The minimum Gasteiger partial charge on any atom is -0.393 e. The lowest BCUT2D eigenvalue weighted by molar-refractivity contribution is 0.101. The molecule has 9 nitrogen and oxygen atoms in total. The summed E-state index contributed by atoms with van der Waals surface area (Å²) < 4.78 is 27.0. The number of anilines is 1. The molecule has 3 N–H and O–H groups in total. The smallest absolute Gasteiger partial charge is 0.333 e. The quantitative estimate of drug-likeness (QED) is 0.567. The average Bonchev–Trinajstić information content (AvgIpc) is 3.39. The summed E-state index contributed by atoms with van der Waals surface area (Å²) in [7, 11) is -2.13. The van der Waals surface area contributed by atoms with Gasteiger partial charge in [-0.15, -0.1) is 0 Å². The first-order valence-electron chi connectivity index (χ1n) is 10.8. The summed E-state index contributed by atoms with van der Waals surface area (Å²) in [4.78, 5) is 15.9. The Morgan fingerprint density at radius 3 is 2.76 bits per heavy atom. The molecule has 0 bridgehead atoms. The van der Waals surface area contributed by atoms with Crippen molar-refractivity contribution in [3.63, 3.8) is 0 Å². The van der Waals surface area contributed by atoms with E-state index in [9.17, 15) is 13.5 Å². The van der Waals surface area contributed by atoms with Gasteiger partial charge in [0.15, 0.2) is 5.82 Å². The molecule has 2 aromatic carbocycles. The highest BCUT2D eigenvalue weighted by Gasteiger charge is 2.37. The summed E-state index contributed by atoms with van der Waals surface area (Å²) in [6.07, 6.45) is 2.48. The number of fused-ring (bicyclic) bond motifs is 2. The minimum absolute atomic E-state index is 0.0510. The second kappa shape index (κ2) is 8.45. The topological polar surface area (TPSA) is 131 Å². The monoisotopic (exact) mass is 467 g/mol. The van der Waals surface area contributed by atoms with E-state index in [1.165, 1.54) is 0 Å². The van der Waals surface area contributed by atoms with Gasteiger partial charge in [-0.25, -0.2) is 20.1 Å². The highest BCUT2D eigenvalue weighted by atomic mass is 32.2. The molecule has 5 rings (SSSR count). The van der Waals surface area contributed by atoms with Gasteiger partial charge < -0.3 is 10.0 Å². The first-order valence-corrected chi connectivity index (χ1v) is 12.2. The van der Waals surface area contributed by atoms with Crippen LogP contribution in [0.5, 0.6) is 0 Å². The van der Waals surface area contributed by atoms with Gasteiger partial charge in [-0.1, -0.05) is 42.5 Å². The van der Waals surface area contributed by atoms with E-state index >= 15 is 0 Å². The fraction of sp³-hybridized carbons (Fsp3) is 0.348. The van der Waals surface area contributed by atoms with Gasteiger partial charge in [0.25, 0.3) is 0 Å². The Bertz CT molecular complexity index is 1340. The lowest BCUT2D eigenvalue weighted by Gasteiger charge is -2.26. The Hall–Kier alpha value is -2.92. The number of benzene rings is 2. The molecular weight excluding hydrogens is 442 g/mol. The third kappa shape index (κ3) is 4.34. The summed E-state index contributed by atoms with van der Waals surface area (Å²) in [5, 5.41) is 17.7. The third-order valence-corrected chi connectivity index (χ3v) is 6.99. The number of aliphatic hydroxyl groups excluding tert-OH is 1. The van der Waals surface area contributed by atoms with E-state index < -0.39 is 16.4 Å². The van der Waals surface area contributed by atoms with E-state index in [4.69, 9.17) is 14.3 Å². The van der Waals surface area contributed by atoms with Crippen LogP contribution in [0.1, 0.15) is 24.1 Å². The Morgan fingerprint density at radius 2 is 1.94 bits per heavy atom. The van der Waals surface area contributed by atoms with Gasteiger partial charge in [-0.3, -0.25) is 4.18 Å². The summed E-state index contributed by atoms with van der Waals surface area (Å²) in [5.41, 5.74) is 3.63. The molecule has 10 heteroatoms. The van der Waals surface area contributed by atoms with Crippen molar-refractivity contribution in [2.75, 3.05) is 18.6 Å². The van der Waals surface area contributed by atoms with Gasteiger partial charge in [0, 0.05) is 31.0 Å². The zero-order chi connectivity index (χ0) is 23.2. The number of aromatic nitrogens is 2. The number of hydrogen-bond acceptors (Lipinski definition) is 8. The molecule has 0 saturated heterocycles. The predicted molar refractivity (Wildman–Crippen MR) is 126 cm³/mol. The van der Waals surface area contributed by atoms with Gasteiger partial charge in [-0.2, -0.15) is 8.42 Å². The van der Waals surface area contributed by atoms with Crippen molar-refractivity contribution >= 4 is 38.3 Å². The van der Waals surface area contributed by atoms with E-state index in [2.05, 4.69) is 34.2 Å². The second-order valence-electron chi connectivity index (χ2n) is 8.60. The molecule has 2 aliphatic rings. The zero-order valence-corrected chi connectivity index (χ0v) is 18.9. The van der Waals surface area contributed by atoms with Crippen LogP contribution in [0.25, 0.3) is 10.8 Å². The lowest BCUT2D eigenvalue weighted by Crippen LogP contribution is -2.31. The zero-order valence-electron chi connectivity index (χ0n) is 18.1. The molecule has 0 radical (unpaired) electrons. The molecule has 3 aromatic rings. The molecule has 0 spiro atoms. The standard InChI is InChI=1S/C23H25N5O4S/c1-28(16-9-15(21(29)10-16)12-32-33(24,30)31)23-22-20(25-13-26-23)11-19(27-22)18-8-4-6-14-5-2-3-7-17(14)18/h2-8,13,15-16,21,29H,9-12H2,1H3,(H2,24,30,31)/t15?,16-,21+/m1/s1. The summed E-state index contributed by atoms with van der Waals surface area (Å²) >= 11 is 0. The van der Waals surface area contributed by atoms with Crippen LogP contribution >= 0.6 is 0 Å². The Balaban J connectivity index is 1.41. The maximum absolute atomic E-state index is 11.1. The predicted octanol–water partition coefficient (Wildman–Crippen LogP) is 2.10. The van der Waals surface area contributed by atoms with E-state index in [1.807, 2.05) is 30.1 Å². The van der Waals surface area contributed by atoms with Crippen LogP contribution in [0.3, 0.4) is 0 Å². The SMILES string of the molecule is CN(c1ncnc2c1N=C(c1cccc3ccccc13)C2)[C@@H]1CC(COS(N)(=O)=O)[C@@H](O)C1. The Morgan fingerprint density at radius 1 is 1.15 bits per heavy atom. The van der Waals surface area contributed by atoms with Gasteiger partial charge >= 0.3 is 10.3 Å². The van der Waals surface area contributed by atoms with Crippen molar-refractivity contribution in [3.05, 3.63) is 60.0 Å². The Labute approximate surface area is 192 Å². The highest BCUT2D eigenvalue weighted by molar-refractivity contribution is 7.84. The van der Waals surface area contributed by atoms with E-state index in [1.54, 1.807) is 6.33 Å². The molecule has 172 valence electrons. The fourth-order valence-electron chi connectivity index (χ4n) is 4.80. The van der Waals surface area contributed by atoms with Crippen LogP contribution in [-0.4, -0.2) is 55.0 Å². The largest absolute Gasteiger partial charge is 0.393 e. The van der Waals surface area contributed by atoms with Crippen LogP contribution in [0.4, 0.5) is 11.5 Å². The van der Waals surface area contributed by atoms with Crippen molar-refractivity contribution < 1.29 is 17.7 Å².